The van der Waals surface area contributed by atoms with E-state index in [-0.39, 0.29) is 27.8 Å². The highest BCUT2D eigenvalue weighted by Crippen LogP contribution is 2.30. The molecule has 0 N–H and O–H groups in total. The third-order valence-electron chi connectivity index (χ3n) is 13.9. The van der Waals surface area contributed by atoms with Crippen LogP contribution in [-0.2, 0) is 72.6 Å². The lowest BCUT2D eigenvalue weighted by molar-refractivity contribution is -0.210. The fraction of sp³-hybridized carbons (Fsp3) is 0.333. The predicted octanol–water partition coefficient (Wildman–Crippen LogP) is 11.3. The summed E-state index contributed by atoms with van der Waals surface area (Å²) in [6, 6.07) is 23.6. The van der Waals surface area contributed by atoms with E-state index < -0.39 is 124 Å². The average molecular weight is 1180 g/mol. The van der Waals surface area contributed by atoms with E-state index >= 15 is 0 Å². The minimum Gasteiger partial charge on any atom is -0.432 e. The van der Waals surface area contributed by atoms with Gasteiger partial charge in [0.2, 0.25) is 0 Å². The van der Waals surface area contributed by atoms with Crippen molar-refractivity contribution in [3.05, 3.63) is 174 Å². The van der Waals surface area contributed by atoms with Gasteiger partial charge in [0.05, 0.1) is 60.9 Å². The molecule has 85 heavy (non-hydrogen) atoms. The minimum absolute atomic E-state index is 0.0374. The first-order valence-corrected chi connectivity index (χ1v) is 26.1. The summed E-state index contributed by atoms with van der Waals surface area (Å²) in [5.74, 6) is -9.34. The summed E-state index contributed by atoms with van der Waals surface area (Å²) in [7, 11) is 0. The Hall–Kier alpha value is -10.2. The first-order valence-electron chi connectivity index (χ1n) is 26.1. The Kier molecular flexibility index (Phi) is 24.6. The van der Waals surface area contributed by atoms with Crippen molar-refractivity contribution in [1.82, 2.24) is 0 Å². The Morgan fingerprint density at radius 2 is 0.494 bits per heavy atom. The van der Waals surface area contributed by atoms with E-state index in [1.807, 2.05) is 0 Å². The van der Waals surface area contributed by atoms with Crippen LogP contribution in [0.1, 0.15) is 120 Å². The van der Waals surface area contributed by atoms with Gasteiger partial charge in [0.15, 0.2) is 0 Å². The second-order valence-corrected chi connectivity index (χ2v) is 19.1. The number of carbonyl (C=O) groups is 10. The van der Waals surface area contributed by atoms with Crippen LogP contribution in [0.15, 0.2) is 91.0 Å². The molecule has 2 unspecified atom stereocenters. The number of hydrogen-bond acceptors (Lipinski definition) is 25. The minimum atomic E-state index is -1.63. The summed E-state index contributed by atoms with van der Waals surface area (Å²) < 4.78 is 26.6. The summed E-state index contributed by atoms with van der Waals surface area (Å²) in [5, 5.41) is 0. The van der Waals surface area contributed by atoms with Crippen molar-refractivity contribution in [2.24, 2.45) is 17.8 Å². The molecule has 0 saturated heterocycles. The van der Waals surface area contributed by atoms with E-state index in [4.69, 9.17) is 53.0 Å². The van der Waals surface area contributed by atoms with E-state index in [1.54, 1.807) is 130 Å². The van der Waals surface area contributed by atoms with Gasteiger partial charge in [0.1, 0.15) is 0 Å². The first-order chi connectivity index (χ1) is 40.5. The van der Waals surface area contributed by atoms with Gasteiger partial charge in [-0.05, 0) is 168 Å². The van der Waals surface area contributed by atoms with Gasteiger partial charge in [-0.15, -0.1) is 0 Å². The van der Waals surface area contributed by atoms with Crippen LogP contribution in [0.25, 0.3) is 0 Å². The summed E-state index contributed by atoms with van der Waals surface area (Å²) in [5.41, 5.74) is 6.47. The number of benzene rings is 5. The van der Waals surface area contributed by atoms with Gasteiger partial charge in [-0.25, -0.2) is 72.8 Å². The van der Waals surface area contributed by atoms with Crippen molar-refractivity contribution in [3.8, 4) is 0 Å². The molecule has 0 radical (unpaired) electrons. The van der Waals surface area contributed by atoms with Crippen LogP contribution in [0.4, 0.5) is 24.0 Å². The van der Waals surface area contributed by atoms with Crippen LogP contribution in [0, 0.1) is 87.0 Å². The lowest BCUT2D eigenvalue weighted by Gasteiger charge is -2.32. The molecule has 0 fully saturated rings. The second-order valence-electron chi connectivity index (χ2n) is 19.1. The van der Waals surface area contributed by atoms with Gasteiger partial charge in [0, 0.05) is 17.8 Å². The Morgan fingerprint density at radius 1 is 0.282 bits per heavy atom. The largest absolute Gasteiger partial charge is 0.549 e. The maximum atomic E-state index is 13.3. The molecule has 25 heteroatoms. The van der Waals surface area contributed by atoms with Crippen molar-refractivity contribution in [3.63, 3.8) is 0 Å². The smallest absolute Gasteiger partial charge is 0.432 e. The van der Waals surface area contributed by atoms with Crippen LogP contribution in [0.3, 0.4) is 0 Å². The fourth-order valence-electron chi connectivity index (χ4n) is 8.17. The lowest BCUT2D eigenvalue weighted by atomic mass is 9.79. The molecule has 25 nitrogen and oxygen atoms in total. The number of hydrogen-bond donors (Lipinski definition) is 0. The molecule has 0 aromatic heterocycles. The van der Waals surface area contributed by atoms with Gasteiger partial charge in [-0.3, -0.25) is 0 Å². The van der Waals surface area contributed by atoms with E-state index in [2.05, 4.69) is 19.6 Å². The monoisotopic (exact) mass is 1180 g/mol. The van der Waals surface area contributed by atoms with E-state index in [9.17, 15) is 47.9 Å². The predicted molar refractivity (Wildman–Crippen MR) is 289 cm³/mol. The van der Waals surface area contributed by atoms with E-state index in [0.717, 1.165) is 11.1 Å². The lowest BCUT2D eigenvalue weighted by Crippen LogP contribution is -2.37. The molecule has 2 atom stereocenters. The van der Waals surface area contributed by atoms with Gasteiger partial charge in [-0.1, -0.05) is 60.7 Å². The third-order valence-corrected chi connectivity index (χ3v) is 13.9. The molecule has 0 aliphatic carbocycles. The highest BCUT2D eigenvalue weighted by atomic mass is 17.3. The Balaban J connectivity index is 1.44. The van der Waals surface area contributed by atoms with Crippen molar-refractivity contribution >= 4 is 60.6 Å². The molecule has 5 aromatic carbocycles. The fourth-order valence-corrected chi connectivity index (χ4v) is 8.17. The molecule has 5 rings (SSSR count). The highest BCUT2D eigenvalue weighted by Gasteiger charge is 2.36. The van der Waals surface area contributed by atoms with Gasteiger partial charge >= 0.3 is 60.6 Å². The van der Waals surface area contributed by atoms with Crippen LogP contribution in [-0.4, -0.2) is 93.7 Å². The van der Waals surface area contributed by atoms with Crippen LogP contribution >= 0.6 is 0 Å². The number of ether oxygens (including phenoxy) is 5. The second kappa shape index (κ2) is 31.9. The Morgan fingerprint density at radius 3 is 0.729 bits per heavy atom. The Bertz CT molecular complexity index is 3100. The third kappa shape index (κ3) is 19.5. The van der Waals surface area contributed by atoms with Crippen LogP contribution in [0.5, 0.6) is 0 Å². The Labute approximate surface area is 487 Å². The maximum Gasteiger partial charge on any atom is 0.549 e. The van der Waals surface area contributed by atoms with Gasteiger partial charge < -0.3 is 23.7 Å². The molecule has 0 heterocycles. The summed E-state index contributed by atoms with van der Waals surface area (Å²) in [4.78, 5) is 177. The average Bonchev–Trinajstić information content (AvgIpc) is 3.55. The topological polar surface area (TPSA) is 309 Å². The molecule has 5 aromatic rings. The molecular weight excluding hydrogens is 1120 g/mol. The van der Waals surface area contributed by atoms with Crippen molar-refractivity contribution in [2.75, 3.05) is 33.0 Å². The summed E-state index contributed by atoms with van der Waals surface area (Å²) in [6.07, 6.45) is -8.80. The zero-order valence-corrected chi connectivity index (χ0v) is 48.0. The van der Waals surface area contributed by atoms with Gasteiger partial charge in [0.25, 0.3) is 0 Å². The molecule has 0 bridgehead atoms. The molecule has 452 valence electrons. The van der Waals surface area contributed by atoms with E-state index in [1.165, 1.54) is 30.3 Å². The standard InChI is InChI=1S/C60H62O25/c1-33-16-11-21-45(38(33)6)51(61)76-81-56(66)71-28-26-43(30-73-58(68)83-78-53(63)47-23-13-18-35(3)40(47)8)50(32-75-60(70)85-80-55(65)49-25-15-20-37(5)42(49)10)44(31-74-59(69)84-79-54(64)48-24-14-19-36(4)41(48)9)27-29-72-57(67)82-77-52(62)46-22-12-17-34(2)39(46)7/h11-25,43-44,50H,26-32H2,1-10H3. The SMILES string of the molecule is Cc1cccc(C(=O)OOC(=O)OCCC(COC(=O)OOC(=O)c2cccc(C)c2C)C(COC(=O)OOC(=O)c2cccc(C)c2C)C(CCOC(=O)OOC(=O)c2cccc(C)c2C)COC(=O)OOC(=O)c2cccc(C)c2C)c1C. The molecule has 0 amide bonds. The summed E-state index contributed by atoms with van der Waals surface area (Å²) >= 11 is 0. The zero-order chi connectivity index (χ0) is 62.3. The molecule has 0 saturated carbocycles. The van der Waals surface area contributed by atoms with Crippen LogP contribution < -0.4 is 0 Å². The molecular formula is C60H62O25. The number of carbonyl (C=O) groups excluding carboxylic acids is 10. The van der Waals surface area contributed by atoms with Crippen molar-refractivity contribution in [1.29, 1.82) is 0 Å². The highest BCUT2D eigenvalue weighted by molar-refractivity contribution is 5.93. The van der Waals surface area contributed by atoms with Gasteiger partial charge in [-0.2, -0.15) is 24.0 Å². The number of aryl methyl sites for hydroxylation is 5. The summed E-state index contributed by atoms with van der Waals surface area (Å²) in [6.45, 7) is 13.0. The zero-order valence-electron chi connectivity index (χ0n) is 48.0. The molecule has 0 aliphatic heterocycles. The molecule has 0 aliphatic rings. The van der Waals surface area contributed by atoms with E-state index in [0.29, 0.717) is 44.5 Å². The number of rotatable bonds is 19. The normalized spacial score (nSPS) is 11.6. The van der Waals surface area contributed by atoms with Crippen molar-refractivity contribution in [2.45, 2.75) is 82.1 Å². The van der Waals surface area contributed by atoms with Crippen LogP contribution in [0.2, 0.25) is 0 Å². The quantitative estimate of drug-likeness (QED) is 0.0321. The maximum absolute atomic E-state index is 13.3. The molecule has 0 spiro atoms. The first kappa shape index (κ1) is 65.6. The van der Waals surface area contributed by atoms with Crippen molar-refractivity contribution < 1.29 is 121 Å².